The fourth-order valence-corrected chi connectivity index (χ4v) is 3.15. The summed E-state index contributed by atoms with van der Waals surface area (Å²) in [6.07, 6.45) is 1.40. The second kappa shape index (κ2) is 10.3. The molecular formula is C21H29N3O4S. The molecule has 1 aliphatic rings. The van der Waals surface area contributed by atoms with Crippen molar-refractivity contribution >= 4 is 35.1 Å². The van der Waals surface area contributed by atoms with Crippen LogP contribution in [-0.2, 0) is 25.5 Å². The van der Waals surface area contributed by atoms with E-state index in [0.29, 0.717) is 19.5 Å². The summed E-state index contributed by atoms with van der Waals surface area (Å²) in [5, 5.41) is 5.56. The Hall–Kier alpha value is -2.48. The number of thiocarbonyl (C=S) groups is 1. The monoisotopic (exact) mass is 419 g/mol. The van der Waals surface area contributed by atoms with Crippen molar-refractivity contribution < 1.29 is 19.1 Å². The summed E-state index contributed by atoms with van der Waals surface area (Å²) in [5.74, 6) is -1.00. The normalized spacial score (nSPS) is 16.7. The molecule has 2 amide bonds. The van der Waals surface area contributed by atoms with Crippen LogP contribution in [0.2, 0.25) is 0 Å². The number of carbonyl (C=O) groups is 3. The van der Waals surface area contributed by atoms with Gasteiger partial charge in [0.1, 0.15) is 6.04 Å². The Morgan fingerprint density at radius 3 is 2.62 bits per heavy atom. The summed E-state index contributed by atoms with van der Waals surface area (Å²) in [5.41, 5.74) is 0.566. The van der Waals surface area contributed by atoms with E-state index < -0.39 is 17.4 Å². The van der Waals surface area contributed by atoms with Crippen molar-refractivity contribution in [2.24, 2.45) is 5.41 Å². The Kier molecular flexibility index (Phi) is 8.13. The third-order valence-electron chi connectivity index (χ3n) is 4.57. The number of ether oxygens (including phenoxy) is 1. The van der Waals surface area contributed by atoms with Gasteiger partial charge in [0.05, 0.1) is 13.0 Å². The summed E-state index contributed by atoms with van der Waals surface area (Å²) in [4.78, 5) is 38.4. The lowest BCUT2D eigenvalue weighted by Gasteiger charge is -2.36. The molecule has 1 aromatic rings. The maximum atomic E-state index is 12.3. The zero-order chi connectivity index (χ0) is 21.4. The number of nitrogens with zero attached hydrogens (tertiary/aromatic N) is 1. The fourth-order valence-electron chi connectivity index (χ4n) is 2.84. The molecule has 0 bridgehead atoms. The predicted molar refractivity (Wildman–Crippen MR) is 114 cm³/mol. The minimum Gasteiger partial charge on any atom is -0.466 e. The number of benzene rings is 1. The van der Waals surface area contributed by atoms with Gasteiger partial charge in [-0.1, -0.05) is 51.1 Å². The molecule has 8 heteroatoms. The van der Waals surface area contributed by atoms with E-state index >= 15 is 0 Å². The van der Waals surface area contributed by atoms with Crippen molar-refractivity contribution in [3.05, 3.63) is 35.9 Å². The van der Waals surface area contributed by atoms with Gasteiger partial charge in [0.15, 0.2) is 5.11 Å². The van der Waals surface area contributed by atoms with E-state index in [4.69, 9.17) is 17.0 Å². The number of piperazine rings is 1. The molecule has 2 N–H and O–H groups in total. The first-order valence-electron chi connectivity index (χ1n) is 9.78. The van der Waals surface area contributed by atoms with Crippen molar-refractivity contribution in [3.63, 3.8) is 0 Å². The zero-order valence-corrected chi connectivity index (χ0v) is 18.0. The Balaban J connectivity index is 1.86. The number of esters is 1. The van der Waals surface area contributed by atoms with Crippen LogP contribution in [-0.4, -0.2) is 53.5 Å². The van der Waals surface area contributed by atoms with Crippen LogP contribution < -0.4 is 10.6 Å². The number of carbonyl (C=O) groups excluding carboxylic acids is 3. The number of amides is 2. The van der Waals surface area contributed by atoms with Gasteiger partial charge < -0.3 is 20.3 Å². The molecule has 158 valence electrons. The van der Waals surface area contributed by atoms with E-state index in [9.17, 15) is 14.4 Å². The van der Waals surface area contributed by atoms with Crippen LogP contribution >= 0.6 is 12.2 Å². The first-order chi connectivity index (χ1) is 13.7. The van der Waals surface area contributed by atoms with Crippen LogP contribution in [0.5, 0.6) is 0 Å². The predicted octanol–water partition coefficient (Wildman–Crippen LogP) is 1.80. The quantitative estimate of drug-likeness (QED) is 0.415. The van der Waals surface area contributed by atoms with Crippen LogP contribution in [0.1, 0.15) is 39.2 Å². The molecule has 0 saturated carbocycles. The van der Waals surface area contributed by atoms with Gasteiger partial charge in [-0.2, -0.15) is 0 Å². The third kappa shape index (κ3) is 7.12. The van der Waals surface area contributed by atoms with Gasteiger partial charge in [-0.15, -0.1) is 0 Å². The smallest absolute Gasteiger partial charge is 0.308 e. The van der Waals surface area contributed by atoms with Gasteiger partial charge in [-0.25, -0.2) is 0 Å². The van der Waals surface area contributed by atoms with E-state index in [-0.39, 0.29) is 30.0 Å². The van der Waals surface area contributed by atoms with Crippen molar-refractivity contribution in [2.75, 3.05) is 19.7 Å². The van der Waals surface area contributed by atoms with Gasteiger partial charge >= 0.3 is 5.97 Å². The second-order valence-electron chi connectivity index (χ2n) is 8.02. The first-order valence-corrected chi connectivity index (χ1v) is 10.2. The summed E-state index contributed by atoms with van der Waals surface area (Å²) in [6, 6.07) is 9.16. The van der Waals surface area contributed by atoms with Crippen molar-refractivity contribution in [1.29, 1.82) is 0 Å². The van der Waals surface area contributed by atoms with Gasteiger partial charge in [-0.05, 0) is 30.6 Å². The first kappa shape index (κ1) is 22.8. The highest BCUT2D eigenvalue weighted by atomic mass is 32.1. The molecule has 29 heavy (non-hydrogen) atoms. The minimum atomic E-state index is -0.793. The number of aryl methyl sites for hydroxylation is 1. The third-order valence-corrected chi connectivity index (χ3v) is 4.91. The molecule has 1 aromatic carbocycles. The molecule has 1 heterocycles. The Labute approximate surface area is 177 Å². The molecule has 1 fully saturated rings. The van der Waals surface area contributed by atoms with E-state index in [0.717, 1.165) is 6.42 Å². The van der Waals surface area contributed by atoms with Crippen LogP contribution in [0.4, 0.5) is 0 Å². The Morgan fingerprint density at radius 2 is 1.97 bits per heavy atom. The molecule has 7 nitrogen and oxygen atoms in total. The van der Waals surface area contributed by atoms with E-state index in [1.807, 2.05) is 30.3 Å². The van der Waals surface area contributed by atoms with Crippen molar-refractivity contribution in [3.8, 4) is 0 Å². The number of hydrogen-bond donors (Lipinski definition) is 2. The molecule has 0 radical (unpaired) electrons. The Morgan fingerprint density at radius 1 is 1.28 bits per heavy atom. The zero-order valence-electron chi connectivity index (χ0n) is 17.2. The molecule has 1 saturated heterocycles. The minimum absolute atomic E-state index is 0.122. The van der Waals surface area contributed by atoms with Gasteiger partial charge in [0, 0.05) is 18.5 Å². The molecular weight excluding hydrogens is 390 g/mol. The van der Waals surface area contributed by atoms with Crippen LogP contribution in [0.15, 0.2) is 30.3 Å². The van der Waals surface area contributed by atoms with Crippen LogP contribution in [0.3, 0.4) is 0 Å². The largest absolute Gasteiger partial charge is 0.466 e. The maximum absolute atomic E-state index is 12.3. The molecule has 2 rings (SSSR count). The number of nitrogens with one attached hydrogen (secondary N) is 2. The highest BCUT2D eigenvalue weighted by Gasteiger charge is 2.35. The standard InChI is InChI=1S/C21H29N3O4S/c1-21(2,3)19(27)23-20(29)24-12-11-22-18(26)16(24)14-17(25)28-13-7-10-15-8-5-4-6-9-15/h4-6,8-9,16H,7,10-14H2,1-3H3,(H,22,26)(H,23,27,29)/t16-/m1/s1. The molecule has 0 aromatic heterocycles. The highest BCUT2D eigenvalue weighted by Crippen LogP contribution is 2.15. The molecule has 0 unspecified atom stereocenters. The van der Waals surface area contributed by atoms with E-state index in [1.165, 1.54) is 5.56 Å². The lowest BCUT2D eigenvalue weighted by Crippen LogP contribution is -2.61. The second-order valence-corrected chi connectivity index (χ2v) is 8.41. The fraction of sp³-hybridized carbons (Fsp3) is 0.524. The highest BCUT2D eigenvalue weighted by molar-refractivity contribution is 7.80. The van der Waals surface area contributed by atoms with Crippen LogP contribution in [0, 0.1) is 5.41 Å². The lowest BCUT2D eigenvalue weighted by molar-refractivity contribution is -0.147. The average Bonchev–Trinajstić information content (AvgIpc) is 2.67. The number of hydrogen-bond acceptors (Lipinski definition) is 5. The molecule has 0 aliphatic carbocycles. The summed E-state index contributed by atoms with van der Waals surface area (Å²) in [6.45, 7) is 6.43. The summed E-state index contributed by atoms with van der Waals surface area (Å²) in [7, 11) is 0. The molecule has 1 aliphatic heterocycles. The van der Waals surface area contributed by atoms with E-state index in [2.05, 4.69) is 10.6 Å². The molecule has 0 spiro atoms. The van der Waals surface area contributed by atoms with Gasteiger partial charge in [-0.3, -0.25) is 14.4 Å². The summed E-state index contributed by atoms with van der Waals surface area (Å²) >= 11 is 5.32. The number of rotatable bonds is 6. The average molecular weight is 420 g/mol. The van der Waals surface area contributed by atoms with Crippen LogP contribution in [0.25, 0.3) is 0 Å². The summed E-state index contributed by atoms with van der Waals surface area (Å²) < 4.78 is 5.30. The maximum Gasteiger partial charge on any atom is 0.308 e. The van der Waals surface area contributed by atoms with Crippen molar-refractivity contribution in [1.82, 2.24) is 15.5 Å². The SMILES string of the molecule is CC(C)(C)C(=O)NC(=S)N1CCNC(=O)[C@H]1CC(=O)OCCCc1ccccc1. The topological polar surface area (TPSA) is 87.7 Å². The molecule has 1 atom stereocenters. The van der Waals surface area contributed by atoms with Crippen molar-refractivity contribution in [2.45, 2.75) is 46.1 Å². The van der Waals surface area contributed by atoms with E-state index in [1.54, 1.807) is 25.7 Å². The van der Waals surface area contributed by atoms with Gasteiger partial charge in [0.25, 0.3) is 0 Å². The Bertz CT molecular complexity index is 746. The van der Waals surface area contributed by atoms with Gasteiger partial charge in [0.2, 0.25) is 11.8 Å². The lowest BCUT2D eigenvalue weighted by atomic mass is 9.96.